The number of aromatic amines is 1. The Morgan fingerprint density at radius 2 is 1.50 bits per heavy atom. The van der Waals surface area contributed by atoms with Gasteiger partial charge in [-0.25, -0.2) is 0 Å². The first-order valence-corrected chi connectivity index (χ1v) is 11.8. The third-order valence-electron chi connectivity index (χ3n) is 7.46. The molecule has 0 radical (unpaired) electrons. The SMILES string of the molecule is O=C1[C@@H]2CCCC[C@@H]2[C@H](c2c(-c3ccccc3)[nH]c3ccccc23)N1Cc1ccccc1. The lowest BCUT2D eigenvalue weighted by Gasteiger charge is -2.31. The molecule has 2 aliphatic rings. The first-order chi connectivity index (χ1) is 15.8. The molecule has 1 N–H and O–H groups in total. The number of likely N-dealkylation sites (tertiary alicyclic amines) is 1. The van der Waals surface area contributed by atoms with Gasteiger partial charge in [0.05, 0.1) is 11.7 Å². The molecule has 1 aromatic heterocycles. The van der Waals surface area contributed by atoms with Crippen LogP contribution in [-0.4, -0.2) is 15.8 Å². The molecule has 3 atom stereocenters. The van der Waals surface area contributed by atoms with Crippen LogP contribution < -0.4 is 0 Å². The van der Waals surface area contributed by atoms with Gasteiger partial charge in [0, 0.05) is 28.9 Å². The van der Waals surface area contributed by atoms with Crippen LogP contribution in [0.3, 0.4) is 0 Å². The van der Waals surface area contributed by atoms with Gasteiger partial charge in [0.15, 0.2) is 0 Å². The lowest BCUT2D eigenvalue weighted by atomic mass is 9.76. The molecule has 1 aliphatic carbocycles. The second-order valence-corrected chi connectivity index (χ2v) is 9.28. The number of benzene rings is 3. The molecule has 160 valence electrons. The minimum Gasteiger partial charge on any atom is -0.354 e. The summed E-state index contributed by atoms with van der Waals surface area (Å²) in [6.45, 7) is 0.672. The topological polar surface area (TPSA) is 36.1 Å². The smallest absolute Gasteiger partial charge is 0.226 e. The summed E-state index contributed by atoms with van der Waals surface area (Å²) in [5, 5.41) is 1.24. The second-order valence-electron chi connectivity index (χ2n) is 9.28. The zero-order valence-corrected chi connectivity index (χ0v) is 18.2. The minimum absolute atomic E-state index is 0.0966. The van der Waals surface area contributed by atoms with Crippen molar-refractivity contribution in [2.45, 2.75) is 38.3 Å². The van der Waals surface area contributed by atoms with E-state index in [-0.39, 0.29) is 12.0 Å². The average molecular weight is 421 g/mol. The zero-order chi connectivity index (χ0) is 21.5. The van der Waals surface area contributed by atoms with E-state index < -0.39 is 0 Å². The van der Waals surface area contributed by atoms with E-state index in [1.54, 1.807) is 0 Å². The first kappa shape index (κ1) is 19.4. The first-order valence-electron chi connectivity index (χ1n) is 11.8. The summed E-state index contributed by atoms with van der Waals surface area (Å²) in [5.74, 6) is 0.865. The van der Waals surface area contributed by atoms with Gasteiger partial charge in [-0.15, -0.1) is 0 Å². The molecule has 0 unspecified atom stereocenters. The van der Waals surface area contributed by atoms with E-state index in [4.69, 9.17) is 0 Å². The van der Waals surface area contributed by atoms with Crippen molar-refractivity contribution in [3.8, 4) is 11.3 Å². The summed E-state index contributed by atoms with van der Waals surface area (Å²) in [5.41, 5.74) is 5.99. The predicted molar refractivity (Wildman–Crippen MR) is 129 cm³/mol. The van der Waals surface area contributed by atoms with Gasteiger partial charge in [0.1, 0.15) is 0 Å². The fourth-order valence-electron chi connectivity index (χ4n) is 6.05. The monoisotopic (exact) mass is 420 g/mol. The van der Waals surface area contributed by atoms with Crippen molar-refractivity contribution in [1.82, 2.24) is 9.88 Å². The number of nitrogens with one attached hydrogen (secondary N) is 1. The van der Waals surface area contributed by atoms with Crippen molar-refractivity contribution < 1.29 is 4.79 Å². The Hall–Kier alpha value is -3.33. The lowest BCUT2D eigenvalue weighted by molar-refractivity contribution is -0.133. The maximum Gasteiger partial charge on any atom is 0.226 e. The average Bonchev–Trinajstić information content (AvgIpc) is 3.36. The molecule has 0 bridgehead atoms. The number of hydrogen-bond donors (Lipinski definition) is 1. The van der Waals surface area contributed by atoms with Crippen molar-refractivity contribution in [2.75, 3.05) is 0 Å². The molecule has 3 aromatic carbocycles. The molecule has 2 fully saturated rings. The molecule has 1 saturated carbocycles. The molecule has 1 amide bonds. The number of carbonyl (C=O) groups excluding carboxylic acids is 1. The fraction of sp³-hybridized carbons (Fsp3) is 0.276. The molecular weight excluding hydrogens is 392 g/mol. The number of fused-ring (bicyclic) bond motifs is 2. The number of hydrogen-bond acceptors (Lipinski definition) is 1. The summed E-state index contributed by atoms with van der Waals surface area (Å²) < 4.78 is 0. The Morgan fingerprint density at radius 1 is 0.812 bits per heavy atom. The minimum atomic E-state index is 0.0966. The van der Waals surface area contributed by atoms with Gasteiger partial charge < -0.3 is 9.88 Å². The standard InChI is InChI=1S/C29H28N2O/c32-29-23-16-8-7-15-22(23)28(31(29)19-20-11-3-1-4-12-20)26-24-17-9-10-18-25(24)30-27(26)21-13-5-2-6-14-21/h1-6,9-14,17-18,22-23,28,30H,7-8,15-16,19H2/t22-,23+,28+/m0/s1. The second kappa shape index (κ2) is 7.98. The van der Waals surface area contributed by atoms with Crippen molar-refractivity contribution in [3.63, 3.8) is 0 Å². The van der Waals surface area contributed by atoms with Crippen LogP contribution in [0.25, 0.3) is 22.2 Å². The maximum absolute atomic E-state index is 13.7. The summed E-state index contributed by atoms with van der Waals surface area (Å²) in [7, 11) is 0. The third kappa shape index (κ3) is 3.15. The zero-order valence-electron chi connectivity index (χ0n) is 18.2. The van der Waals surface area contributed by atoms with Crippen LogP contribution in [0.4, 0.5) is 0 Å². The van der Waals surface area contributed by atoms with Crippen LogP contribution in [0, 0.1) is 11.8 Å². The van der Waals surface area contributed by atoms with Gasteiger partial charge >= 0.3 is 0 Å². The Morgan fingerprint density at radius 3 is 2.31 bits per heavy atom. The summed E-state index contributed by atoms with van der Waals surface area (Å²) >= 11 is 0. The van der Waals surface area contributed by atoms with Gasteiger partial charge in [-0.1, -0.05) is 91.7 Å². The van der Waals surface area contributed by atoms with E-state index in [2.05, 4.69) is 88.7 Å². The van der Waals surface area contributed by atoms with Gasteiger partial charge in [-0.3, -0.25) is 4.79 Å². The molecule has 3 nitrogen and oxygen atoms in total. The summed E-state index contributed by atoms with van der Waals surface area (Å²) in [6, 6.07) is 29.7. The highest BCUT2D eigenvalue weighted by atomic mass is 16.2. The van der Waals surface area contributed by atoms with Crippen molar-refractivity contribution in [3.05, 3.63) is 96.1 Å². The number of amides is 1. The van der Waals surface area contributed by atoms with Crippen LogP contribution in [0.5, 0.6) is 0 Å². The van der Waals surface area contributed by atoms with Crippen LogP contribution in [0.1, 0.15) is 42.9 Å². The van der Waals surface area contributed by atoms with Crippen LogP contribution in [-0.2, 0) is 11.3 Å². The molecule has 4 aromatic rings. The van der Waals surface area contributed by atoms with E-state index in [1.807, 2.05) is 6.07 Å². The molecular formula is C29H28N2O. The number of carbonyl (C=O) groups is 1. The molecule has 3 heteroatoms. The molecule has 32 heavy (non-hydrogen) atoms. The number of nitrogens with zero attached hydrogens (tertiary/aromatic N) is 1. The van der Waals surface area contributed by atoms with Crippen molar-refractivity contribution >= 4 is 16.8 Å². The van der Waals surface area contributed by atoms with E-state index in [0.29, 0.717) is 18.4 Å². The Labute approximate surface area is 189 Å². The number of H-pyrrole nitrogens is 1. The highest BCUT2D eigenvalue weighted by Crippen LogP contribution is 2.52. The van der Waals surface area contributed by atoms with E-state index in [9.17, 15) is 4.79 Å². The molecule has 6 rings (SSSR count). The summed E-state index contributed by atoms with van der Waals surface area (Å²) in [4.78, 5) is 19.7. The molecule has 0 spiro atoms. The third-order valence-corrected chi connectivity index (χ3v) is 7.46. The van der Waals surface area contributed by atoms with Crippen LogP contribution in [0.15, 0.2) is 84.9 Å². The summed E-state index contributed by atoms with van der Waals surface area (Å²) in [6.07, 6.45) is 4.53. The number of rotatable bonds is 4. The van der Waals surface area contributed by atoms with Crippen molar-refractivity contribution in [1.29, 1.82) is 0 Å². The molecule has 1 aliphatic heterocycles. The van der Waals surface area contributed by atoms with E-state index in [0.717, 1.165) is 30.5 Å². The van der Waals surface area contributed by atoms with Gasteiger partial charge in [0.25, 0.3) is 0 Å². The number of para-hydroxylation sites is 1. The van der Waals surface area contributed by atoms with Gasteiger partial charge in [-0.2, -0.15) is 0 Å². The fourth-order valence-corrected chi connectivity index (χ4v) is 6.05. The molecule has 1 saturated heterocycles. The maximum atomic E-state index is 13.7. The van der Waals surface area contributed by atoms with E-state index in [1.165, 1.54) is 28.5 Å². The highest BCUT2D eigenvalue weighted by Gasteiger charge is 2.50. The Kier molecular flexibility index (Phi) is 4.83. The van der Waals surface area contributed by atoms with Gasteiger partial charge in [0.2, 0.25) is 5.91 Å². The van der Waals surface area contributed by atoms with E-state index >= 15 is 0 Å². The van der Waals surface area contributed by atoms with Gasteiger partial charge in [-0.05, 0) is 36.0 Å². The highest BCUT2D eigenvalue weighted by molar-refractivity contribution is 5.93. The molecule has 2 heterocycles. The predicted octanol–water partition coefficient (Wildman–Crippen LogP) is 6.72. The normalized spacial score (nSPS) is 22.9. The van der Waals surface area contributed by atoms with Crippen LogP contribution >= 0.6 is 0 Å². The number of aromatic nitrogens is 1. The Balaban J connectivity index is 1.55. The lowest BCUT2D eigenvalue weighted by Crippen LogP contribution is -2.29. The largest absolute Gasteiger partial charge is 0.354 e. The van der Waals surface area contributed by atoms with Crippen LogP contribution in [0.2, 0.25) is 0 Å². The Bertz CT molecular complexity index is 1240. The van der Waals surface area contributed by atoms with Crippen molar-refractivity contribution in [2.24, 2.45) is 11.8 Å². The quantitative estimate of drug-likeness (QED) is 0.391.